The van der Waals surface area contributed by atoms with Gasteiger partial charge in [-0.2, -0.15) is 4.31 Å². The van der Waals surface area contributed by atoms with Crippen molar-refractivity contribution in [3.05, 3.63) is 64.7 Å². The number of nitrogens with zero attached hydrogens (tertiary/aromatic N) is 1. The van der Waals surface area contributed by atoms with Crippen LogP contribution in [0.1, 0.15) is 48.0 Å². The molecule has 138 valence electrons. The van der Waals surface area contributed by atoms with Crippen molar-refractivity contribution in [1.29, 1.82) is 0 Å². The average molecular weight is 392 g/mol. The molecule has 0 aromatic heterocycles. The Bertz CT molecular complexity index is 894. The molecule has 1 heterocycles. The van der Waals surface area contributed by atoms with Crippen LogP contribution >= 0.6 is 11.6 Å². The van der Waals surface area contributed by atoms with E-state index in [0.717, 1.165) is 24.8 Å². The Kier molecular flexibility index (Phi) is 5.80. The smallest absolute Gasteiger partial charge is 0.243 e. The van der Waals surface area contributed by atoms with Gasteiger partial charge in [-0.05, 0) is 55.5 Å². The quantitative estimate of drug-likeness (QED) is 0.721. The number of ketones is 1. The van der Waals surface area contributed by atoms with Crippen LogP contribution < -0.4 is 0 Å². The second-order valence-electron chi connectivity index (χ2n) is 6.69. The Morgan fingerprint density at radius 1 is 1.12 bits per heavy atom. The van der Waals surface area contributed by atoms with E-state index in [0.29, 0.717) is 23.7 Å². The number of carbonyl (C=O) groups is 1. The molecule has 0 amide bonds. The minimum Gasteiger partial charge on any atom is -0.295 e. The molecule has 1 atom stereocenters. The molecule has 2 aromatic rings. The van der Waals surface area contributed by atoms with Crippen LogP contribution in [0.25, 0.3) is 0 Å². The summed E-state index contributed by atoms with van der Waals surface area (Å²) in [6.45, 7) is 2.37. The third kappa shape index (κ3) is 4.17. The zero-order valence-corrected chi connectivity index (χ0v) is 16.3. The van der Waals surface area contributed by atoms with Crippen molar-refractivity contribution < 1.29 is 13.2 Å². The lowest BCUT2D eigenvalue weighted by atomic mass is 9.95. The van der Waals surface area contributed by atoms with Gasteiger partial charge in [-0.1, -0.05) is 42.3 Å². The summed E-state index contributed by atoms with van der Waals surface area (Å²) in [7, 11) is -3.64. The van der Waals surface area contributed by atoms with E-state index in [4.69, 9.17) is 11.6 Å². The van der Waals surface area contributed by atoms with E-state index >= 15 is 0 Å². The predicted octanol–water partition coefficient (Wildman–Crippen LogP) is 4.50. The molecule has 1 aliphatic heterocycles. The molecule has 0 N–H and O–H groups in total. The van der Waals surface area contributed by atoms with E-state index in [1.807, 2.05) is 24.3 Å². The van der Waals surface area contributed by atoms with Crippen LogP contribution in [-0.2, 0) is 10.0 Å². The highest BCUT2D eigenvalue weighted by molar-refractivity contribution is 7.89. The fraction of sp³-hybridized carbons (Fsp3) is 0.350. The molecule has 0 bridgehead atoms. The maximum Gasteiger partial charge on any atom is 0.243 e. The van der Waals surface area contributed by atoms with Gasteiger partial charge in [-0.15, -0.1) is 0 Å². The number of carbonyl (C=O) groups excluding carboxylic acids is 1. The first kappa shape index (κ1) is 19.1. The second kappa shape index (κ2) is 7.91. The number of benzene rings is 2. The lowest BCUT2D eigenvalue weighted by Crippen LogP contribution is -2.34. The maximum atomic E-state index is 13.1. The Morgan fingerprint density at radius 3 is 2.54 bits per heavy atom. The first-order valence-electron chi connectivity index (χ1n) is 8.74. The normalized spacial score (nSPS) is 19.1. The van der Waals surface area contributed by atoms with Gasteiger partial charge in [-0.25, -0.2) is 8.42 Å². The first-order valence-corrected chi connectivity index (χ1v) is 10.6. The summed E-state index contributed by atoms with van der Waals surface area (Å²) in [5.41, 5.74) is 1.52. The summed E-state index contributed by atoms with van der Waals surface area (Å²) in [6, 6.07) is 13.9. The van der Waals surface area contributed by atoms with Crippen molar-refractivity contribution in [1.82, 2.24) is 4.31 Å². The number of hydrogen-bond donors (Lipinski definition) is 0. The molecular formula is C20H22ClNO3S. The molecule has 0 aliphatic carbocycles. The molecular weight excluding hydrogens is 370 g/mol. The predicted molar refractivity (Wildman–Crippen MR) is 103 cm³/mol. The number of sulfonamides is 1. The standard InChI is InChI=1S/C20H22ClNO3S/c1-15(23)17-6-4-7-20(13-17)26(24,25)22-12-3-2-5-18(14-22)16-8-10-19(21)11-9-16/h4,6-11,13,18H,2-3,5,12,14H2,1H3. The molecule has 6 heteroatoms. The van der Waals surface area contributed by atoms with Gasteiger partial charge >= 0.3 is 0 Å². The van der Waals surface area contributed by atoms with Gasteiger partial charge in [0.2, 0.25) is 10.0 Å². The van der Waals surface area contributed by atoms with Crippen LogP contribution in [0.2, 0.25) is 5.02 Å². The lowest BCUT2D eigenvalue weighted by molar-refractivity contribution is 0.101. The van der Waals surface area contributed by atoms with E-state index in [9.17, 15) is 13.2 Å². The molecule has 0 radical (unpaired) electrons. The first-order chi connectivity index (χ1) is 12.4. The second-order valence-corrected chi connectivity index (χ2v) is 9.07. The van der Waals surface area contributed by atoms with Crippen molar-refractivity contribution in [3.63, 3.8) is 0 Å². The van der Waals surface area contributed by atoms with E-state index in [-0.39, 0.29) is 16.6 Å². The molecule has 1 fully saturated rings. The Labute approximate surface area is 159 Å². The van der Waals surface area contributed by atoms with Crippen molar-refractivity contribution in [2.75, 3.05) is 13.1 Å². The summed E-state index contributed by atoms with van der Waals surface area (Å²) >= 11 is 5.97. The fourth-order valence-corrected chi connectivity index (χ4v) is 5.05. The SMILES string of the molecule is CC(=O)c1cccc(S(=O)(=O)N2CCCCC(c3ccc(Cl)cc3)C2)c1. The third-order valence-corrected chi connectivity index (χ3v) is 6.97. The summed E-state index contributed by atoms with van der Waals surface area (Å²) in [5, 5.41) is 0.674. The maximum absolute atomic E-state index is 13.1. The van der Waals surface area contributed by atoms with Gasteiger partial charge in [-0.3, -0.25) is 4.79 Å². The van der Waals surface area contributed by atoms with E-state index < -0.39 is 10.0 Å². The molecule has 1 saturated heterocycles. The molecule has 26 heavy (non-hydrogen) atoms. The van der Waals surface area contributed by atoms with Gasteiger partial charge in [0.05, 0.1) is 4.90 Å². The average Bonchev–Trinajstić information content (AvgIpc) is 2.89. The topological polar surface area (TPSA) is 54.5 Å². The summed E-state index contributed by atoms with van der Waals surface area (Å²) in [5.74, 6) is -0.00233. The minimum atomic E-state index is -3.64. The van der Waals surface area contributed by atoms with Crippen LogP contribution in [0.3, 0.4) is 0 Å². The van der Waals surface area contributed by atoms with Crippen LogP contribution in [0, 0.1) is 0 Å². The summed E-state index contributed by atoms with van der Waals surface area (Å²) < 4.78 is 27.8. The number of halogens is 1. The fourth-order valence-electron chi connectivity index (χ4n) is 3.36. The Hall–Kier alpha value is -1.69. The molecule has 2 aromatic carbocycles. The van der Waals surface area contributed by atoms with Crippen LogP contribution in [0.15, 0.2) is 53.4 Å². The molecule has 1 unspecified atom stereocenters. The van der Waals surface area contributed by atoms with Gasteiger partial charge in [0.1, 0.15) is 0 Å². The highest BCUT2D eigenvalue weighted by Crippen LogP contribution is 2.30. The number of rotatable bonds is 4. The molecule has 0 saturated carbocycles. The minimum absolute atomic E-state index is 0.139. The highest BCUT2D eigenvalue weighted by atomic mass is 35.5. The zero-order valence-electron chi connectivity index (χ0n) is 14.7. The molecule has 0 spiro atoms. The van der Waals surface area contributed by atoms with Gasteiger partial charge in [0.15, 0.2) is 5.78 Å². The van der Waals surface area contributed by atoms with Crippen molar-refractivity contribution >= 4 is 27.4 Å². The van der Waals surface area contributed by atoms with Gasteiger partial charge in [0, 0.05) is 23.7 Å². The van der Waals surface area contributed by atoms with Crippen molar-refractivity contribution in [2.24, 2.45) is 0 Å². The molecule has 4 nitrogen and oxygen atoms in total. The number of hydrogen-bond acceptors (Lipinski definition) is 3. The Morgan fingerprint density at radius 2 is 1.85 bits per heavy atom. The van der Waals surface area contributed by atoms with E-state index in [1.54, 1.807) is 22.5 Å². The van der Waals surface area contributed by atoms with Gasteiger partial charge < -0.3 is 0 Å². The summed E-state index contributed by atoms with van der Waals surface area (Å²) in [4.78, 5) is 11.8. The van der Waals surface area contributed by atoms with Crippen molar-refractivity contribution in [3.8, 4) is 0 Å². The largest absolute Gasteiger partial charge is 0.295 e. The van der Waals surface area contributed by atoms with E-state index in [1.165, 1.54) is 13.0 Å². The van der Waals surface area contributed by atoms with E-state index in [2.05, 4.69) is 0 Å². The van der Waals surface area contributed by atoms with Crippen LogP contribution in [-0.4, -0.2) is 31.6 Å². The molecule has 1 aliphatic rings. The van der Waals surface area contributed by atoms with Crippen molar-refractivity contribution in [2.45, 2.75) is 37.0 Å². The monoisotopic (exact) mass is 391 g/mol. The van der Waals surface area contributed by atoms with Crippen LogP contribution in [0.4, 0.5) is 0 Å². The lowest BCUT2D eigenvalue weighted by Gasteiger charge is -2.24. The van der Waals surface area contributed by atoms with Gasteiger partial charge in [0.25, 0.3) is 0 Å². The zero-order chi connectivity index (χ0) is 18.7. The Balaban J connectivity index is 1.89. The molecule has 3 rings (SSSR count). The summed E-state index contributed by atoms with van der Waals surface area (Å²) in [6.07, 6.45) is 2.75. The third-order valence-electron chi connectivity index (χ3n) is 4.85. The highest BCUT2D eigenvalue weighted by Gasteiger charge is 2.29. The number of Topliss-reactive ketones (excluding diaryl/α,β-unsaturated/α-hetero) is 1. The van der Waals surface area contributed by atoms with Crippen LogP contribution in [0.5, 0.6) is 0 Å².